The summed E-state index contributed by atoms with van der Waals surface area (Å²) in [5.74, 6) is 0. The van der Waals surface area contributed by atoms with E-state index in [0.29, 0.717) is 0 Å². The smallest absolute Gasteiger partial charge is 0.121 e. The molecule has 1 aromatic heterocycles. The first-order valence-corrected chi connectivity index (χ1v) is 11.7. The summed E-state index contributed by atoms with van der Waals surface area (Å²) in [7, 11) is 0. The molecule has 2 saturated carbocycles. The first-order chi connectivity index (χ1) is 13.6. The van der Waals surface area contributed by atoms with Crippen molar-refractivity contribution < 1.29 is 10.0 Å². The van der Waals surface area contributed by atoms with Gasteiger partial charge in [-0.05, 0) is 76.8 Å². The number of nitrogens with one attached hydrogen (secondary N) is 1. The number of hydrogen-bond donors (Lipinski definition) is 2. The summed E-state index contributed by atoms with van der Waals surface area (Å²) in [6, 6.07) is 10.2. The van der Waals surface area contributed by atoms with Crippen molar-refractivity contribution in [1.29, 1.82) is 0 Å². The molecule has 4 rings (SSSR count). The number of fused-ring (bicyclic) bond motifs is 1. The van der Waals surface area contributed by atoms with E-state index >= 15 is 0 Å². The average Bonchev–Trinajstić information content (AvgIpc) is 2.98. The van der Waals surface area contributed by atoms with E-state index in [9.17, 15) is 5.11 Å². The number of hydrogen-bond acceptors (Lipinski definition) is 1. The molecule has 3 heteroatoms. The molecule has 0 bridgehead atoms. The van der Waals surface area contributed by atoms with Crippen molar-refractivity contribution in [2.75, 3.05) is 6.54 Å². The molecule has 28 heavy (non-hydrogen) atoms. The summed E-state index contributed by atoms with van der Waals surface area (Å²) in [5, 5.41) is 12.5. The van der Waals surface area contributed by atoms with Gasteiger partial charge in [-0.3, -0.25) is 0 Å². The second kappa shape index (κ2) is 9.00. The maximum Gasteiger partial charge on any atom is 0.121 e. The van der Waals surface area contributed by atoms with Crippen molar-refractivity contribution in [2.24, 2.45) is 0 Å². The molecule has 2 aromatic rings. The van der Waals surface area contributed by atoms with Crippen LogP contribution < -0.4 is 4.90 Å². The minimum Gasteiger partial charge on any atom is -0.385 e. The second-order valence-electron chi connectivity index (χ2n) is 9.44. The summed E-state index contributed by atoms with van der Waals surface area (Å²) in [5.41, 5.74) is 3.93. The van der Waals surface area contributed by atoms with Gasteiger partial charge in [0.2, 0.25) is 0 Å². The zero-order valence-corrected chi connectivity index (χ0v) is 17.9. The summed E-state index contributed by atoms with van der Waals surface area (Å²) in [6.45, 7) is 6.06. The quantitative estimate of drug-likeness (QED) is 0.770. The number of rotatable bonds is 6. The Balaban J connectivity index is 1.51. The van der Waals surface area contributed by atoms with Crippen LogP contribution >= 0.6 is 0 Å². The molecule has 0 spiro atoms. The highest BCUT2D eigenvalue weighted by atomic mass is 16.3. The van der Waals surface area contributed by atoms with Crippen LogP contribution in [0.1, 0.15) is 75.5 Å². The van der Waals surface area contributed by atoms with E-state index in [-0.39, 0.29) is 6.10 Å². The fourth-order valence-electron chi connectivity index (χ4n) is 6.00. The molecule has 2 fully saturated rings. The Bertz CT molecular complexity index is 750. The third kappa shape index (κ3) is 4.16. The van der Waals surface area contributed by atoms with Gasteiger partial charge in [-0.2, -0.15) is 0 Å². The van der Waals surface area contributed by atoms with E-state index in [2.05, 4.69) is 42.7 Å². The third-order valence-electron chi connectivity index (χ3n) is 7.67. The van der Waals surface area contributed by atoms with Crippen molar-refractivity contribution in [3.63, 3.8) is 0 Å². The lowest BCUT2D eigenvalue weighted by molar-refractivity contribution is -0.955. The van der Waals surface area contributed by atoms with Gasteiger partial charge in [-0.1, -0.05) is 31.0 Å². The Morgan fingerprint density at radius 2 is 1.50 bits per heavy atom. The monoisotopic (exact) mass is 383 g/mol. The van der Waals surface area contributed by atoms with Gasteiger partial charge in [0.25, 0.3) is 0 Å². The zero-order valence-electron chi connectivity index (χ0n) is 17.9. The fourth-order valence-corrected chi connectivity index (χ4v) is 6.00. The first kappa shape index (κ1) is 20.0. The SMILES string of the molecule is Cc1c(C)n(C[C@@H](O)C[NH+](C2CCCCC2)C2CCCCC2)c2ccccc12. The van der Waals surface area contributed by atoms with Crippen molar-refractivity contribution in [3.05, 3.63) is 35.5 Å². The van der Waals surface area contributed by atoms with E-state index in [1.165, 1.54) is 86.4 Å². The molecule has 2 aliphatic rings. The number of aryl methyl sites for hydroxylation is 1. The van der Waals surface area contributed by atoms with Crippen LogP contribution in [0.2, 0.25) is 0 Å². The molecule has 0 amide bonds. The average molecular weight is 384 g/mol. The molecule has 1 aromatic carbocycles. The normalized spacial score (nSPS) is 20.9. The highest BCUT2D eigenvalue weighted by molar-refractivity contribution is 5.85. The van der Waals surface area contributed by atoms with Gasteiger partial charge in [0.1, 0.15) is 12.6 Å². The van der Waals surface area contributed by atoms with Gasteiger partial charge < -0.3 is 14.6 Å². The van der Waals surface area contributed by atoms with Crippen LogP contribution in [0.5, 0.6) is 0 Å². The number of nitrogens with zero attached hydrogens (tertiary/aromatic N) is 1. The highest BCUT2D eigenvalue weighted by Crippen LogP contribution is 2.25. The molecule has 1 atom stereocenters. The van der Waals surface area contributed by atoms with Crippen LogP contribution in [-0.4, -0.2) is 34.4 Å². The van der Waals surface area contributed by atoms with Crippen LogP contribution in [0, 0.1) is 13.8 Å². The molecule has 2 N–H and O–H groups in total. The Kier molecular flexibility index (Phi) is 6.42. The van der Waals surface area contributed by atoms with Crippen LogP contribution in [0.15, 0.2) is 24.3 Å². The van der Waals surface area contributed by atoms with E-state index in [0.717, 1.165) is 25.2 Å². The molecule has 3 nitrogen and oxygen atoms in total. The first-order valence-electron chi connectivity index (χ1n) is 11.7. The molecule has 0 aliphatic heterocycles. The summed E-state index contributed by atoms with van der Waals surface area (Å²) >= 11 is 0. The van der Waals surface area contributed by atoms with Crippen LogP contribution in [0.4, 0.5) is 0 Å². The fraction of sp³-hybridized carbons (Fsp3) is 0.680. The van der Waals surface area contributed by atoms with Crippen molar-refractivity contribution >= 4 is 10.9 Å². The number of benzene rings is 1. The molecule has 1 heterocycles. The van der Waals surface area contributed by atoms with Gasteiger partial charge in [-0.25, -0.2) is 0 Å². The van der Waals surface area contributed by atoms with E-state index in [1.54, 1.807) is 4.90 Å². The molecule has 2 aliphatic carbocycles. The number of aromatic nitrogens is 1. The summed E-state index contributed by atoms with van der Waals surface area (Å²) in [6.07, 6.45) is 13.5. The summed E-state index contributed by atoms with van der Waals surface area (Å²) < 4.78 is 2.36. The maximum absolute atomic E-state index is 11.2. The topological polar surface area (TPSA) is 29.6 Å². The van der Waals surface area contributed by atoms with Crippen molar-refractivity contribution in [3.8, 4) is 0 Å². The molecular formula is C25H39N2O+. The van der Waals surface area contributed by atoms with Gasteiger partial charge in [0.05, 0.1) is 18.6 Å². The Hall–Kier alpha value is -1.32. The van der Waals surface area contributed by atoms with Crippen molar-refractivity contribution in [2.45, 2.75) is 103 Å². The van der Waals surface area contributed by atoms with Crippen LogP contribution in [0.3, 0.4) is 0 Å². The highest BCUT2D eigenvalue weighted by Gasteiger charge is 2.34. The number of aliphatic hydroxyl groups excluding tert-OH is 1. The summed E-state index contributed by atoms with van der Waals surface area (Å²) in [4.78, 5) is 1.73. The lowest BCUT2D eigenvalue weighted by atomic mass is 9.88. The molecule has 0 radical (unpaired) electrons. The van der Waals surface area contributed by atoms with Gasteiger partial charge in [0, 0.05) is 16.6 Å². The van der Waals surface area contributed by atoms with Gasteiger partial charge >= 0.3 is 0 Å². The minimum absolute atomic E-state index is 0.271. The van der Waals surface area contributed by atoms with E-state index in [4.69, 9.17) is 0 Å². The van der Waals surface area contributed by atoms with E-state index in [1.807, 2.05) is 0 Å². The van der Waals surface area contributed by atoms with Gasteiger partial charge in [-0.15, -0.1) is 0 Å². The Morgan fingerprint density at radius 1 is 0.929 bits per heavy atom. The standard InChI is InChI=1S/C25H38N2O/c1-19-20(2)26(25-16-10-9-15-24(19)25)17-23(28)18-27(21-11-5-3-6-12-21)22-13-7-4-8-14-22/h9-10,15-16,21-23,28H,3-8,11-14,17-18H2,1-2H3/p+1/t23-/m1/s1. The largest absolute Gasteiger partial charge is 0.385 e. The van der Waals surface area contributed by atoms with Crippen molar-refractivity contribution in [1.82, 2.24) is 4.57 Å². The number of quaternary nitrogens is 1. The number of para-hydroxylation sites is 1. The lowest BCUT2D eigenvalue weighted by Crippen LogP contribution is -3.20. The lowest BCUT2D eigenvalue weighted by Gasteiger charge is -2.39. The molecule has 0 saturated heterocycles. The Labute approximate surface area is 170 Å². The zero-order chi connectivity index (χ0) is 19.5. The number of aliphatic hydroxyl groups is 1. The second-order valence-corrected chi connectivity index (χ2v) is 9.44. The maximum atomic E-state index is 11.2. The third-order valence-corrected chi connectivity index (χ3v) is 7.67. The predicted molar refractivity (Wildman–Crippen MR) is 117 cm³/mol. The molecule has 0 unspecified atom stereocenters. The van der Waals surface area contributed by atoms with Crippen LogP contribution in [0.25, 0.3) is 10.9 Å². The van der Waals surface area contributed by atoms with Crippen LogP contribution in [-0.2, 0) is 6.54 Å². The van der Waals surface area contributed by atoms with E-state index < -0.39 is 0 Å². The Morgan fingerprint density at radius 3 is 2.11 bits per heavy atom. The van der Waals surface area contributed by atoms with Gasteiger partial charge in [0.15, 0.2) is 0 Å². The molecular weight excluding hydrogens is 344 g/mol. The predicted octanol–water partition coefficient (Wildman–Crippen LogP) is 4.17. The molecule has 154 valence electrons. The minimum atomic E-state index is -0.271.